The summed E-state index contributed by atoms with van der Waals surface area (Å²) in [6.45, 7) is 0.884. The topological polar surface area (TPSA) is 56.0 Å². The number of nitrogens with one attached hydrogen (secondary N) is 1. The Labute approximate surface area is 116 Å². The lowest BCUT2D eigenvalue weighted by Gasteiger charge is -2.26. The fraction of sp³-hybridized carbons (Fsp3) is 0.500. The number of aliphatic hydroxyl groups is 1. The molecule has 0 aliphatic heterocycles. The Morgan fingerprint density at radius 3 is 2.94 bits per heavy atom. The van der Waals surface area contributed by atoms with Gasteiger partial charge in [-0.3, -0.25) is 0 Å². The zero-order valence-electron chi connectivity index (χ0n) is 10.2. The van der Waals surface area contributed by atoms with E-state index in [9.17, 15) is 5.11 Å². The van der Waals surface area contributed by atoms with Crippen molar-refractivity contribution in [3.05, 3.63) is 28.2 Å². The molecule has 0 bridgehead atoms. The summed E-state index contributed by atoms with van der Waals surface area (Å²) in [4.78, 5) is 0. The molecule has 1 aromatic rings. The lowest BCUT2D eigenvalue weighted by atomic mass is 9.87. The largest absolute Gasteiger partial charge is 0.393 e. The Kier molecular flexibility index (Phi) is 4.62. The van der Waals surface area contributed by atoms with Gasteiger partial charge in [-0.2, -0.15) is 5.26 Å². The molecule has 0 amide bonds. The monoisotopic (exact) mass is 308 g/mol. The molecule has 2 unspecified atom stereocenters. The lowest BCUT2D eigenvalue weighted by Crippen LogP contribution is -2.24. The summed E-state index contributed by atoms with van der Waals surface area (Å²) in [6, 6.07) is 7.78. The van der Waals surface area contributed by atoms with Crippen LogP contribution in [0.1, 0.15) is 31.2 Å². The van der Waals surface area contributed by atoms with Crippen LogP contribution in [0.2, 0.25) is 0 Å². The van der Waals surface area contributed by atoms with Gasteiger partial charge in [-0.1, -0.05) is 6.42 Å². The third-order valence-corrected chi connectivity index (χ3v) is 4.10. The molecule has 1 aliphatic carbocycles. The van der Waals surface area contributed by atoms with Gasteiger partial charge in [0.15, 0.2) is 0 Å². The van der Waals surface area contributed by atoms with E-state index in [1.54, 1.807) is 0 Å². The van der Waals surface area contributed by atoms with Gasteiger partial charge in [-0.05, 0) is 59.3 Å². The molecular weight excluding hydrogens is 292 g/mol. The normalized spacial score (nSPS) is 23.4. The molecule has 1 fully saturated rings. The van der Waals surface area contributed by atoms with Crippen LogP contribution in [0.3, 0.4) is 0 Å². The Bertz CT molecular complexity index is 456. The average molecular weight is 309 g/mol. The Hall–Kier alpha value is -1.05. The Morgan fingerprint density at radius 2 is 2.28 bits per heavy atom. The zero-order valence-corrected chi connectivity index (χ0v) is 11.8. The van der Waals surface area contributed by atoms with Crippen LogP contribution in [0.5, 0.6) is 0 Å². The first-order valence-corrected chi connectivity index (χ1v) is 7.10. The molecule has 0 spiro atoms. The summed E-state index contributed by atoms with van der Waals surface area (Å²) < 4.78 is 0.818. The highest BCUT2D eigenvalue weighted by molar-refractivity contribution is 9.10. The highest BCUT2D eigenvalue weighted by Crippen LogP contribution is 2.26. The number of hydrogen-bond acceptors (Lipinski definition) is 3. The van der Waals surface area contributed by atoms with E-state index in [1.165, 1.54) is 6.42 Å². The van der Waals surface area contributed by atoms with Gasteiger partial charge >= 0.3 is 0 Å². The predicted octanol–water partition coefficient (Wildman–Crippen LogP) is 3.28. The van der Waals surface area contributed by atoms with E-state index in [1.807, 2.05) is 18.2 Å². The van der Waals surface area contributed by atoms with Gasteiger partial charge in [0.25, 0.3) is 0 Å². The quantitative estimate of drug-likeness (QED) is 0.901. The van der Waals surface area contributed by atoms with E-state index in [2.05, 4.69) is 27.3 Å². The van der Waals surface area contributed by atoms with Crippen LogP contribution in [0.4, 0.5) is 5.69 Å². The van der Waals surface area contributed by atoms with Gasteiger partial charge < -0.3 is 10.4 Å². The van der Waals surface area contributed by atoms with Crippen LogP contribution in [0.15, 0.2) is 22.7 Å². The smallest absolute Gasteiger partial charge is 0.100 e. The van der Waals surface area contributed by atoms with Crippen LogP contribution in [0.25, 0.3) is 0 Å². The maximum absolute atomic E-state index is 9.62. The van der Waals surface area contributed by atoms with E-state index in [0.717, 1.165) is 36.0 Å². The van der Waals surface area contributed by atoms with Crippen molar-refractivity contribution in [2.75, 3.05) is 11.9 Å². The van der Waals surface area contributed by atoms with Crippen molar-refractivity contribution in [1.82, 2.24) is 0 Å². The number of aliphatic hydroxyl groups excluding tert-OH is 1. The maximum atomic E-state index is 9.62. The number of halogens is 1. The number of nitriles is 1. The molecule has 0 heterocycles. The minimum Gasteiger partial charge on any atom is -0.393 e. The SMILES string of the molecule is N#Cc1ccc(NCC2CCCC(O)C2)cc1Br. The van der Waals surface area contributed by atoms with Crippen LogP contribution in [-0.4, -0.2) is 17.8 Å². The molecule has 0 saturated heterocycles. The van der Waals surface area contributed by atoms with Crippen molar-refractivity contribution < 1.29 is 5.11 Å². The van der Waals surface area contributed by atoms with E-state index < -0.39 is 0 Å². The van der Waals surface area contributed by atoms with Gasteiger partial charge in [0.05, 0.1) is 11.7 Å². The van der Waals surface area contributed by atoms with Crippen LogP contribution < -0.4 is 5.32 Å². The third kappa shape index (κ3) is 3.47. The lowest BCUT2D eigenvalue weighted by molar-refractivity contribution is 0.105. The number of nitrogens with zero attached hydrogens (tertiary/aromatic N) is 1. The van der Waals surface area contributed by atoms with E-state index in [-0.39, 0.29) is 6.10 Å². The van der Waals surface area contributed by atoms with Crippen molar-refractivity contribution >= 4 is 21.6 Å². The minimum absolute atomic E-state index is 0.127. The summed E-state index contributed by atoms with van der Waals surface area (Å²) in [5.74, 6) is 0.545. The van der Waals surface area contributed by atoms with Gasteiger partial charge in [-0.15, -0.1) is 0 Å². The first kappa shape index (κ1) is 13.4. The fourth-order valence-electron chi connectivity index (χ4n) is 2.43. The fourth-order valence-corrected chi connectivity index (χ4v) is 2.89. The molecule has 1 saturated carbocycles. The van der Waals surface area contributed by atoms with Crippen molar-refractivity contribution in [2.24, 2.45) is 5.92 Å². The summed E-state index contributed by atoms with van der Waals surface area (Å²) in [5.41, 5.74) is 1.66. The van der Waals surface area contributed by atoms with E-state index >= 15 is 0 Å². The Balaban J connectivity index is 1.90. The van der Waals surface area contributed by atoms with E-state index in [0.29, 0.717) is 11.5 Å². The molecule has 4 heteroatoms. The molecule has 0 aromatic heterocycles. The van der Waals surface area contributed by atoms with Crippen LogP contribution in [-0.2, 0) is 0 Å². The first-order chi connectivity index (χ1) is 8.69. The molecular formula is C14H17BrN2O. The highest BCUT2D eigenvalue weighted by Gasteiger charge is 2.19. The molecule has 1 aromatic carbocycles. The second-order valence-electron chi connectivity index (χ2n) is 4.87. The van der Waals surface area contributed by atoms with Crippen molar-refractivity contribution in [2.45, 2.75) is 31.8 Å². The molecule has 2 N–H and O–H groups in total. The Morgan fingerprint density at radius 1 is 1.44 bits per heavy atom. The highest BCUT2D eigenvalue weighted by atomic mass is 79.9. The molecule has 3 nitrogen and oxygen atoms in total. The van der Waals surface area contributed by atoms with Gasteiger partial charge in [-0.25, -0.2) is 0 Å². The molecule has 1 aliphatic rings. The number of rotatable bonds is 3. The standard InChI is InChI=1S/C14H17BrN2O/c15-14-7-12(5-4-11(14)8-16)17-9-10-2-1-3-13(18)6-10/h4-5,7,10,13,17-18H,1-3,6,9H2. The number of hydrogen-bond donors (Lipinski definition) is 2. The summed E-state index contributed by atoms with van der Waals surface area (Å²) in [6.07, 6.45) is 4.01. The van der Waals surface area contributed by atoms with Crippen LogP contribution >= 0.6 is 15.9 Å². The van der Waals surface area contributed by atoms with Crippen LogP contribution in [0, 0.1) is 17.2 Å². The maximum Gasteiger partial charge on any atom is 0.100 e. The van der Waals surface area contributed by atoms with Gasteiger partial charge in [0.1, 0.15) is 6.07 Å². The summed E-state index contributed by atoms with van der Waals surface area (Å²) in [7, 11) is 0. The average Bonchev–Trinajstić information content (AvgIpc) is 2.37. The molecule has 2 atom stereocenters. The predicted molar refractivity (Wildman–Crippen MR) is 75.3 cm³/mol. The van der Waals surface area contributed by atoms with Crippen molar-refractivity contribution in [3.8, 4) is 6.07 Å². The van der Waals surface area contributed by atoms with Gasteiger partial charge in [0.2, 0.25) is 0 Å². The summed E-state index contributed by atoms with van der Waals surface area (Å²) in [5, 5.41) is 21.8. The van der Waals surface area contributed by atoms with Crippen molar-refractivity contribution in [3.63, 3.8) is 0 Å². The summed E-state index contributed by atoms with van der Waals surface area (Å²) >= 11 is 3.38. The number of benzene rings is 1. The molecule has 0 radical (unpaired) electrons. The second kappa shape index (κ2) is 6.21. The van der Waals surface area contributed by atoms with Gasteiger partial charge in [0, 0.05) is 16.7 Å². The molecule has 2 rings (SSSR count). The number of anilines is 1. The third-order valence-electron chi connectivity index (χ3n) is 3.44. The molecule has 96 valence electrons. The van der Waals surface area contributed by atoms with E-state index in [4.69, 9.17) is 5.26 Å². The zero-order chi connectivity index (χ0) is 13.0. The minimum atomic E-state index is -0.127. The first-order valence-electron chi connectivity index (χ1n) is 6.30. The second-order valence-corrected chi connectivity index (χ2v) is 5.73. The van der Waals surface area contributed by atoms with Crippen molar-refractivity contribution in [1.29, 1.82) is 5.26 Å². The molecule has 18 heavy (non-hydrogen) atoms.